The Bertz CT molecular complexity index is 1560. The van der Waals surface area contributed by atoms with Crippen LogP contribution in [0.4, 0.5) is 52.7 Å². The van der Waals surface area contributed by atoms with Crippen LogP contribution in [0.3, 0.4) is 0 Å². The van der Waals surface area contributed by atoms with Gasteiger partial charge in [-0.15, -0.1) is 0 Å². The molecule has 0 bridgehead atoms. The number of ether oxygens (including phenoxy) is 1. The molecular weight excluding hydrogens is 568 g/mol. The Labute approximate surface area is 217 Å². The number of hydrogen-bond acceptors (Lipinski definition) is 1. The highest BCUT2D eigenvalue weighted by atomic mass is 19.4. The van der Waals surface area contributed by atoms with Gasteiger partial charge in [-0.05, 0) is 53.9 Å². The van der Waals surface area contributed by atoms with Crippen LogP contribution in [0.5, 0.6) is 5.75 Å². The highest BCUT2D eigenvalue weighted by Gasteiger charge is 2.43. The summed E-state index contributed by atoms with van der Waals surface area (Å²) in [5.74, 6) is -14.2. The summed E-state index contributed by atoms with van der Waals surface area (Å²) in [5.41, 5.74) is -6.50. The molecule has 0 fully saturated rings. The molecule has 0 aromatic heterocycles. The lowest BCUT2D eigenvalue weighted by atomic mass is 9.97. The van der Waals surface area contributed by atoms with E-state index in [1.165, 1.54) is 12.1 Å². The molecule has 0 N–H and O–H groups in total. The second-order valence-electron chi connectivity index (χ2n) is 8.49. The van der Waals surface area contributed by atoms with E-state index in [9.17, 15) is 52.7 Å². The van der Waals surface area contributed by atoms with E-state index in [0.717, 1.165) is 6.07 Å². The van der Waals surface area contributed by atoms with Crippen molar-refractivity contribution < 1.29 is 57.4 Å². The van der Waals surface area contributed by atoms with E-state index in [4.69, 9.17) is 0 Å². The van der Waals surface area contributed by atoms with Gasteiger partial charge in [0.1, 0.15) is 57.6 Å². The smallest absolute Gasteiger partial charge is 0.429 e. The number of rotatable bonds is 5. The summed E-state index contributed by atoms with van der Waals surface area (Å²) in [6.45, 7) is 1.57. The van der Waals surface area contributed by atoms with Crippen LogP contribution in [-0.4, -0.2) is 0 Å². The van der Waals surface area contributed by atoms with Crippen LogP contribution in [0.15, 0.2) is 54.6 Å². The second kappa shape index (κ2) is 10.1. The summed E-state index contributed by atoms with van der Waals surface area (Å²) in [5, 5.41) is 0. The Morgan fingerprint density at radius 1 is 0.525 bits per heavy atom. The van der Waals surface area contributed by atoms with Gasteiger partial charge in [-0.25, -0.2) is 30.7 Å². The number of alkyl halides is 5. The molecule has 40 heavy (non-hydrogen) atoms. The first-order chi connectivity index (χ1) is 18.5. The minimum absolute atomic E-state index is 0.108. The lowest BCUT2D eigenvalue weighted by Crippen LogP contribution is -2.25. The van der Waals surface area contributed by atoms with Gasteiger partial charge in [-0.1, -0.05) is 12.1 Å². The zero-order valence-corrected chi connectivity index (χ0v) is 19.6. The standard InChI is InChI=1S/C27H12F12O/c1-11-2-3-15(16(28)4-11)12-5-17(29)23(18(30)6-12)13-7-19(31)25(20(32)8-13)27(38,39)40-14-9-21(33)24(22(34)10-14)26(35,36)37/h2-10H,1H3. The van der Waals surface area contributed by atoms with Crippen LogP contribution >= 0.6 is 0 Å². The van der Waals surface area contributed by atoms with E-state index in [-0.39, 0.29) is 35.4 Å². The summed E-state index contributed by atoms with van der Waals surface area (Å²) in [6, 6.07) is 4.78. The molecule has 4 aromatic rings. The van der Waals surface area contributed by atoms with Crippen molar-refractivity contribution in [3.8, 4) is 28.0 Å². The summed E-state index contributed by atoms with van der Waals surface area (Å²) in [6.07, 6.45) is -10.6. The average molecular weight is 580 g/mol. The van der Waals surface area contributed by atoms with Crippen LogP contribution < -0.4 is 4.74 Å². The molecule has 0 heterocycles. The summed E-state index contributed by atoms with van der Waals surface area (Å²) < 4.78 is 172. The normalized spacial score (nSPS) is 12.1. The van der Waals surface area contributed by atoms with Gasteiger partial charge in [0.25, 0.3) is 0 Å². The summed E-state index contributed by atoms with van der Waals surface area (Å²) in [7, 11) is 0. The van der Waals surface area contributed by atoms with Crippen LogP contribution in [0.25, 0.3) is 22.3 Å². The van der Waals surface area contributed by atoms with Crippen LogP contribution in [0.1, 0.15) is 16.7 Å². The monoisotopic (exact) mass is 580 g/mol. The highest BCUT2D eigenvalue weighted by molar-refractivity contribution is 5.72. The molecule has 13 heteroatoms. The molecule has 1 nitrogen and oxygen atoms in total. The molecule has 210 valence electrons. The zero-order valence-electron chi connectivity index (χ0n) is 19.6. The molecule has 0 unspecified atom stereocenters. The van der Waals surface area contributed by atoms with E-state index in [2.05, 4.69) is 4.74 Å². The maximum atomic E-state index is 14.8. The van der Waals surface area contributed by atoms with E-state index in [1.807, 2.05) is 0 Å². The van der Waals surface area contributed by atoms with Crippen LogP contribution in [0, 0.1) is 47.6 Å². The van der Waals surface area contributed by atoms with Crippen molar-refractivity contribution >= 4 is 0 Å². The molecule has 0 saturated heterocycles. The third-order valence-corrected chi connectivity index (χ3v) is 5.64. The first-order valence-electron chi connectivity index (χ1n) is 10.9. The predicted octanol–water partition coefficient (Wildman–Crippen LogP) is 9.45. The molecule has 0 aliphatic heterocycles. The minimum Gasteiger partial charge on any atom is -0.429 e. The van der Waals surface area contributed by atoms with E-state index in [1.54, 1.807) is 6.92 Å². The Hall–Kier alpha value is -4.16. The van der Waals surface area contributed by atoms with Crippen molar-refractivity contribution in [1.82, 2.24) is 0 Å². The van der Waals surface area contributed by atoms with Crippen LogP contribution in [0.2, 0.25) is 0 Å². The third kappa shape index (κ3) is 5.45. The fraction of sp³-hybridized carbons (Fsp3) is 0.111. The van der Waals surface area contributed by atoms with Gasteiger partial charge in [-0.3, -0.25) is 0 Å². The molecule has 4 aromatic carbocycles. The number of aryl methyl sites for hydroxylation is 1. The van der Waals surface area contributed by atoms with Gasteiger partial charge in [0, 0.05) is 17.7 Å². The third-order valence-electron chi connectivity index (χ3n) is 5.64. The lowest BCUT2D eigenvalue weighted by molar-refractivity contribution is -0.189. The molecule has 0 atom stereocenters. The van der Waals surface area contributed by atoms with Gasteiger partial charge >= 0.3 is 12.3 Å². The number of halogens is 12. The van der Waals surface area contributed by atoms with Crippen molar-refractivity contribution in [2.24, 2.45) is 0 Å². The predicted molar refractivity (Wildman–Crippen MR) is 118 cm³/mol. The van der Waals surface area contributed by atoms with Gasteiger partial charge in [-0.2, -0.15) is 22.0 Å². The SMILES string of the molecule is Cc1ccc(-c2cc(F)c(-c3cc(F)c(C(F)(F)Oc4cc(F)c(C(F)(F)F)c(F)c4)c(F)c3)c(F)c2)c(F)c1. The van der Waals surface area contributed by atoms with Crippen molar-refractivity contribution in [2.75, 3.05) is 0 Å². The lowest BCUT2D eigenvalue weighted by Gasteiger charge is -2.21. The highest BCUT2D eigenvalue weighted by Crippen LogP contribution is 2.41. The maximum absolute atomic E-state index is 14.8. The Kier molecular flexibility index (Phi) is 7.28. The Balaban J connectivity index is 1.71. The van der Waals surface area contributed by atoms with Crippen molar-refractivity contribution in [3.63, 3.8) is 0 Å². The van der Waals surface area contributed by atoms with Gasteiger partial charge in [0.05, 0.1) is 5.56 Å². The molecular formula is C27H12F12O. The summed E-state index contributed by atoms with van der Waals surface area (Å²) >= 11 is 0. The number of benzene rings is 4. The largest absolute Gasteiger partial charge is 0.432 e. The quantitative estimate of drug-likeness (QED) is 0.214. The van der Waals surface area contributed by atoms with E-state index in [0.29, 0.717) is 17.7 Å². The number of hydrogen-bond donors (Lipinski definition) is 0. The molecule has 4 rings (SSSR count). The topological polar surface area (TPSA) is 9.23 Å². The minimum atomic E-state index is -5.53. The molecule has 0 amide bonds. The molecule has 0 aliphatic carbocycles. The molecule has 0 spiro atoms. The van der Waals surface area contributed by atoms with Crippen molar-refractivity contribution in [2.45, 2.75) is 19.2 Å². The fourth-order valence-corrected chi connectivity index (χ4v) is 3.93. The van der Waals surface area contributed by atoms with Crippen molar-refractivity contribution in [1.29, 1.82) is 0 Å². The fourth-order valence-electron chi connectivity index (χ4n) is 3.93. The molecule has 0 aliphatic rings. The first-order valence-corrected chi connectivity index (χ1v) is 10.9. The zero-order chi connectivity index (χ0) is 29.7. The van der Waals surface area contributed by atoms with Crippen molar-refractivity contribution in [3.05, 3.63) is 112 Å². The second-order valence-corrected chi connectivity index (χ2v) is 8.49. The van der Waals surface area contributed by atoms with Gasteiger partial charge in [0.2, 0.25) is 0 Å². The molecule has 0 radical (unpaired) electrons. The van der Waals surface area contributed by atoms with Gasteiger partial charge in [0.15, 0.2) is 0 Å². The van der Waals surface area contributed by atoms with Gasteiger partial charge < -0.3 is 4.74 Å². The van der Waals surface area contributed by atoms with E-state index < -0.39 is 81.0 Å². The first kappa shape index (κ1) is 28.8. The van der Waals surface area contributed by atoms with Crippen LogP contribution in [-0.2, 0) is 12.3 Å². The average Bonchev–Trinajstić information content (AvgIpc) is 2.76. The molecule has 0 saturated carbocycles. The maximum Gasteiger partial charge on any atom is 0.432 e. The van der Waals surface area contributed by atoms with E-state index >= 15 is 0 Å². The summed E-state index contributed by atoms with van der Waals surface area (Å²) in [4.78, 5) is 0. The Morgan fingerprint density at radius 2 is 1.00 bits per heavy atom. The Morgan fingerprint density at radius 3 is 1.48 bits per heavy atom.